The van der Waals surface area contributed by atoms with Gasteiger partial charge in [0.15, 0.2) is 0 Å². The van der Waals surface area contributed by atoms with Gasteiger partial charge in [-0.1, -0.05) is 18.2 Å². The van der Waals surface area contributed by atoms with Crippen LogP contribution in [0.3, 0.4) is 0 Å². The maximum absolute atomic E-state index is 12.2. The number of carboxylic acids is 2. The number of hydrogen-bond acceptors (Lipinski definition) is 7. The van der Waals surface area contributed by atoms with E-state index in [-0.39, 0.29) is 22.4 Å². The van der Waals surface area contributed by atoms with Crippen LogP contribution in [-0.2, 0) is 9.59 Å². The van der Waals surface area contributed by atoms with Crippen LogP contribution in [0.4, 0.5) is 5.69 Å². The molecule has 0 atom stereocenters. The summed E-state index contributed by atoms with van der Waals surface area (Å²) < 4.78 is 0. The molecule has 0 unspecified atom stereocenters. The number of carboxylic acid groups (broad SMARTS) is 2. The van der Waals surface area contributed by atoms with Crippen molar-refractivity contribution in [2.45, 2.75) is 19.8 Å². The zero-order valence-corrected chi connectivity index (χ0v) is 17.1. The number of para-hydroxylation sites is 1. The summed E-state index contributed by atoms with van der Waals surface area (Å²) in [4.78, 5) is 36.9. The molecule has 1 aliphatic heterocycles. The van der Waals surface area contributed by atoms with Crippen molar-refractivity contribution in [3.8, 4) is 0 Å². The van der Waals surface area contributed by atoms with Gasteiger partial charge in [-0.15, -0.1) is 0 Å². The van der Waals surface area contributed by atoms with Crippen molar-refractivity contribution in [3.63, 3.8) is 0 Å². The van der Waals surface area contributed by atoms with E-state index < -0.39 is 22.8 Å². The molecule has 1 aromatic rings. The lowest BCUT2D eigenvalue weighted by Gasteiger charge is -2.37. The fourth-order valence-electron chi connectivity index (χ4n) is 3.73. The lowest BCUT2D eigenvalue weighted by Crippen LogP contribution is -2.38. The molecule has 0 fully saturated rings. The number of hydrogen-bond donors (Lipinski definition) is 4. The topological polar surface area (TPSA) is 145 Å². The molecule has 2 rings (SSSR count). The first-order valence-electron chi connectivity index (χ1n) is 9.46. The molecule has 162 valence electrons. The van der Waals surface area contributed by atoms with Crippen molar-refractivity contribution in [1.82, 2.24) is 15.5 Å². The number of rotatable bonds is 10. The normalized spacial score (nSPS) is 15.0. The highest BCUT2D eigenvalue weighted by atomic mass is 16.6. The summed E-state index contributed by atoms with van der Waals surface area (Å²) in [5.74, 6) is -3.87. The van der Waals surface area contributed by atoms with E-state index in [0.717, 1.165) is 6.54 Å². The van der Waals surface area contributed by atoms with Gasteiger partial charge in [0, 0.05) is 49.2 Å². The second-order valence-corrected chi connectivity index (χ2v) is 6.86. The van der Waals surface area contributed by atoms with Crippen molar-refractivity contribution in [2.75, 3.05) is 33.2 Å². The Bertz CT molecular complexity index is 870. The van der Waals surface area contributed by atoms with E-state index >= 15 is 0 Å². The van der Waals surface area contributed by atoms with Crippen LogP contribution >= 0.6 is 0 Å². The van der Waals surface area contributed by atoms with Crippen LogP contribution in [0.1, 0.15) is 25.3 Å². The van der Waals surface area contributed by atoms with E-state index in [2.05, 4.69) is 10.6 Å². The van der Waals surface area contributed by atoms with Crippen molar-refractivity contribution in [2.24, 2.45) is 0 Å². The first-order chi connectivity index (χ1) is 14.2. The third-order valence-corrected chi connectivity index (χ3v) is 5.14. The second kappa shape index (κ2) is 9.99. The molecular formula is C20H26N4O6. The molecule has 0 bridgehead atoms. The number of nitrogens with one attached hydrogen (secondary N) is 2. The van der Waals surface area contributed by atoms with Gasteiger partial charge in [-0.05, 0) is 20.9 Å². The van der Waals surface area contributed by atoms with E-state index in [1.807, 2.05) is 7.05 Å². The van der Waals surface area contributed by atoms with E-state index in [1.54, 1.807) is 18.7 Å². The highest BCUT2D eigenvalue weighted by Crippen LogP contribution is 2.44. The summed E-state index contributed by atoms with van der Waals surface area (Å²) in [5, 5.41) is 37.6. The average molecular weight is 418 g/mol. The maximum Gasteiger partial charge on any atom is 0.334 e. The first kappa shape index (κ1) is 23.0. The van der Waals surface area contributed by atoms with Crippen LogP contribution < -0.4 is 10.6 Å². The van der Waals surface area contributed by atoms with Gasteiger partial charge in [0.1, 0.15) is 0 Å². The fraction of sp³-hybridized carbons (Fsp3) is 0.400. The molecule has 4 N–H and O–H groups in total. The largest absolute Gasteiger partial charge is 0.478 e. The van der Waals surface area contributed by atoms with Gasteiger partial charge in [0.05, 0.1) is 22.0 Å². The Morgan fingerprint density at radius 3 is 2.13 bits per heavy atom. The van der Waals surface area contributed by atoms with E-state index in [4.69, 9.17) is 0 Å². The molecule has 0 amide bonds. The molecular weight excluding hydrogens is 392 g/mol. The van der Waals surface area contributed by atoms with Crippen LogP contribution in [0, 0.1) is 10.1 Å². The highest BCUT2D eigenvalue weighted by Gasteiger charge is 2.41. The minimum Gasteiger partial charge on any atom is -0.478 e. The molecule has 1 heterocycles. The summed E-state index contributed by atoms with van der Waals surface area (Å²) in [6.07, 6.45) is 0. The van der Waals surface area contributed by atoms with Crippen molar-refractivity contribution >= 4 is 17.6 Å². The molecule has 0 saturated carbocycles. The molecule has 1 aromatic carbocycles. The fourth-order valence-corrected chi connectivity index (χ4v) is 3.73. The third kappa shape index (κ3) is 4.66. The number of benzene rings is 1. The number of allylic oxidation sites excluding steroid dienone is 2. The standard InChI is InChI=1S/C20H26N4O6/c1-12-16(19(25)26)18(14-6-4-5-7-15(14)24(29)30)17(20(27)28)13(2)23(12)11-10-22-9-8-21-3/h4-7,18,21-22H,8-11H2,1-3H3,(H,25,26)(H,27,28). The van der Waals surface area contributed by atoms with Gasteiger partial charge >= 0.3 is 11.9 Å². The van der Waals surface area contributed by atoms with Crippen LogP contribution in [0.15, 0.2) is 46.8 Å². The summed E-state index contributed by atoms with van der Waals surface area (Å²) in [6, 6.07) is 5.65. The molecule has 10 nitrogen and oxygen atoms in total. The second-order valence-electron chi connectivity index (χ2n) is 6.86. The third-order valence-electron chi connectivity index (χ3n) is 5.14. The van der Waals surface area contributed by atoms with Gasteiger partial charge in [0.25, 0.3) is 5.69 Å². The highest BCUT2D eigenvalue weighted by molar-refractivity contribution is 5.98. The number of aliphatic carboxylic acids is 2. The van der Waals surface area contributed by atoms with Gasteiger partial charge in [-0.3, -0.25) is 10.1 Å². The van der Waals surface area contributed by atoms with Crippen LogP contribution in [-0.4, -0.2) is 65.2 Å². The molecule has 0 radical (unpaired) electrons. The van der Waals surface area contributed by atoms with E-state index in [9.17, 15) is 29.9 Å². The number of nitro benzene ring substituents is 1. The smallest absolute Gasteiger partial charge is 0.334 e. The Morgan fingerprint density at radius 1 is 1.07 bits per heavy atom. The monoisotopic (exact) mass is 418 g/mol. The number of nitro groups is 1. The van der Waals surface area contributed by atoms with Crippen molar-refractivity contribution in [1.29, 1.82) is 0 Å². The molecule has 10 heteroatoms. The van der Waals surface area contributed by atoms with E-state index in [1.165, 1.54) is 24.3 Å². The number of nitrogens with zero attached hydrogens (tertiary/aromatic N) is 2. The Kier molecular flexibility index (Phi) is 7.67. The lowest BCUT2D eigenvalue weighted by atomic mass is 9.79. The molecule has 30 heavy (non-hydrogen) atoms. The van der Waals surface area contributed by atoms with Gasteiger partial charge in [-0.25, -0.2) is 9.59 Å². The summed E-state index contributed by atoms with van der Waals surface area (Å²) in [5.41, 5.74) is 0.0998. The Labute approximate surface area is 174 Å². The zero-order chi connectivity index (χ0) is 22.4. The lowest BCUT2D eigenvalue weighted by molar-refractivity contribution is -0.385. The predicted molar refractivity (Wildman–Crippen MR) is 110 cm³/mol. The Balaban J connectivity index is 2.59. The molecule has 0 spiro atoms. The Hall–Kier alpha value is -3.24. The average Bonchev–Trinajstić information content (AvgIpc) is 2.68. The van der Waals surface area contributed by atoms with Crippen LogP contribution in [0.2, 0.25) is 0 Å². The van der Waals surface area contributed by atoms with Gasteiger partial charge in [0.2, 0.25) is 0 Å². The number of likely N-dealkylation sites (N-methyl/N-ethyl adjacent to an activating group) is 1. The molecule has 0 aliphatic carbocycles. The van der Waals surface area contributed by atoms with Crippen molar-refractivity contribution < 1.29 is 24.7 Å². The van der Waals surface area contributed by atoms with Crippen LogP contribution in [0.25, 0.3) is 0 Å². The van der Waals surface area contributed by atoms with Crippen LogP contribution in [0.5, 0.6) is 0 Å². The summed E-state index contributed by atoms with van der Waals surface area (Å²) in [7, 11) is 1.83. The van der Waals surface area contributed by atoms with Gasteiger partial charge in [-0.2, -0.15) is 0 Å². The summed E-state index contributed by atoms with van der Waals surface area (Å²) >= 11 is 0. The molecule has 0 saturated heterocycles. The first-order valence-corrected chi connectivity index (χ1v) is 9.46. The molecule has 0 aromatic heterocycles. The quantitative estimate of drug-likeness (QED) is 0.252. The SMILES string of the molecule is CNCCNCCN1C(C)=C(C(=O)O)C(c2ccccc2[N+](=O)[O-])C(C(=O)O)=C1C. The van der Waals surface area contributed by atoms with Gasteiger partial charge < -0.3 is 25.7 Å². The Morgan fingerprint density at radius 2 is 1.63 bits per heavy atom. The maximum atomic E-state index is 12.2. The number of carbonyl (C=O) groups is 2. The zero-order valence-electron chi connectivity index (χ0n) is 17.1. The summed E-state index contributed by atoms with van der Waals surface area (Å²) in [6.45, 7) is 5.52. The molecule has 1 aliphatic rings. The predicted octanol–water partition coefficient (Wildman–Crippen LogP) is 1.52. The van der Waals surface area contributed by atoms with E-state index in [0.29, 0.717) is 31.0 Å². The minimum absolute atomic E-state index is 0.0443. The van der Waals surface area contributed by atoms with Crippen molar-refractivity contribution in [3.05, 3.63) is 62.5 Å². The minimum atomic E-state index is -1.31.